The minimum Gasteiger partial charge on any atom is -0.496 e. The predicted molar refractivity (Wildman–Crippen MR) is 119 cm³/mol. The van der Waals surface area contributed by atoms with Crippen molar-refractivity contribution in [1.82, 2.24) is 14.8 Å². The zero-order chi connectivity index (χ0) is 21.3. The molecular formula is C25H33N3O2. The lowest BCUT2D eigenvalue weighted by atomic mass is 9.95. The SMILES string of the molecule is CCCc1ccc(C(=O)N2CCN3C(CC[C@@H]3c3ccc(OC)c(C)c3C)C2)nc1. The van der Waals surface area contributed by atoms with E-state index in [1.165, 1.54) is 22.3 Å². The van der Waals surface area contributed by atoms with Crippen molar-refractivity contribution in [2.75, 3.05) is 26.7 Å². The van der Waals surface area contributed by atoms with Crippen molar-refractivity contribution in [3.05, 3.63) is 58.4 Å². The number of fused-ring (bicyclic) bond motifs is 1. The molecule has 160 valence electrons. The van der Waals surface area contributed by atoms with Crippen LogP contribution in [0.4, 0.5) is 0 Å². The molecule has 3 heterocycles. The van der Waals surface area contributed by atoms with Gasteiger partial charge in [-0.3, -0.25) is 14.7 Å². The Hall–Kier alpha value is -2.40. The molecule has 0 aliphatic carbocycles. The normalized spacial score (nSPS) is 21.5. The second-order valence-electron chi connectivity index (χ2n) is 8.64. The van der Waals surface area contributed by atoms with E-state index in [1.807, 2.05) is 23.2 Å². The van der Waals surface area contributed by atoms with E-state index in [4.69, 9.17) is 4.74 Å². The molecule has 0 saturated carbocycles. The highest BCUT2D eigenvalue weighted by molar-refractivity contribution is 5.92. The van der Waals surface area contributed by atoms with Gasteiger partial charge >= 0.3 is 0 Å². The topological polar surface area (TPSA) is 45.7 Å². The Kier molecular flexibility index (Phi) is 6.09. The number of hydrogen-bond donors (Lipinski definition) is 0. The van der Waals surface area contributed by atoms with Crippen LogP contribution in [-0.2, 0) is 6.42 Å². The molecule has 5 nitrogen and oxygen atoms in total. The Morgan fingerprint density at radius 3 is 2.67 bits per heavy atom. The summed E-state index contributed by atoms with van der Waals surface area (Å²) in [7, 11) is 1.73. The Morgan fingerprint density at radius 1 is 1.13 bits per heavy atom. The van der Waals surface area contributed by atoms with Gasteiger partial charge in [0.05, 0.1) is 7.11 Å². The average molecular weight is 408 g/mol. The van der Waals surface area contributed by atoms with Crippen LogP contribution in [0.15, 0.2) is 30.5 Å². The van der Waals surface area contributed by atoms with Gasteiger partial charge in [0.25, 0.3) is 5.91 Å². The van der Waals surface area contributed by atoms with Gasteiger partial charge in [0.2, 0.25) is 0 Å². The number of rotatable bonds is 5. The number of benzene rings is 1. The lowest BCUT2D eigenvalue weighted by molar-refractivity contribution is 0.0492. The number of methoxy groups -OCH3 is 1. The Balaban J connectivity index is 1.45. The van der Waals surface area contributed by atoms with E-state index in [0.717, 1.165) is 51.1 Å². The highest BCUT2D eigenvalue weighted by atomic mass is 16.5. The maximum Gasteiger partial charge on any atom is 0.272 e. The fraction of sp³-hybridized carbons (Fsp3) is 0.520. The summed E-state index contributed by atoms with van der Waals surface area (Å²) in [5.41, 5.74) is 5.73. The number of aromatic nitrogens is 1. The third-order valence-electron chi connectivity index (χ3n) is 6.93. The molecule has 2 saturated heterocycles. The number of amides is 1. The van der Waals surface area contributed by atoms with E-state index < -0.39 is 0 Å². The first kappa shape index (κ1) is 20.9. The second-order valence-corrected chi connectivity index (χ2v) is 8.64. The first-order chi connectivity index (χ1) is 14.5. The summed E-state index contributed by atoms with van der Waals surface area (Å²) in [5, 5.41) is 0. The molecule has 2 aromatic rings. The molecule has 2 aliphatic heterocycles. The first-order valence-electron chi connectivity index (χ1n) is 11.2. The number of hydrogen-bond acceptors (Lipinski definition) is 4. The van der Waals surface area contributed by atoms with Crippen LogP contribution in [-0.4, -0.2) is 53.5 Å². The lowest BCUT2D eigenvalue weighted by Crippen LogP contribution is -2.52. The summed E-state index contributed by atoms with van der Waals surface area (Å²) in [4.78, 5) is 22.1. The van der Waals surface area contributed by atoms with Gasteiger partial charge < -0.3 is 9.64 Å². The van der Waals surface area contributed by atoms with E-state index in [2.05, 4.69) is 42.8 Å². The van der Waals surface area contributed by atoms with Crippen molar-refractivity contribution in [1.29, 1.82) is 0 Å². The van der Waals surface area contributed by atoms with Gasteiger partial charge in [0.1, 0.15) is 11.4 Å². The van der Waals surface area contributed by atoms with Gasteiger partial charge in [-0.1, -0.05) is 25.5 Å². The molecule has 2 fully saturated rings. The summed E-state index contributed by atoms with van der Waals surface area (Å²) in [6, 6.07) is 9.12. The summed E-state index contributed by atoms with van der Waals surface area (Å²) in [5.74, 6) is 1.02. The van der Waals surface area contributed by atoms with Gasteiger partial charge in [0.15, 0.2) is 0 Å². The summed E-state index contributed by atoms with van der Waals surface area (Å²) in [6.45, 7) is 8.97. The van der Waals surface area contributed by atoms with Crippen molar-refractivity contribution in [2.24, 2.45) is 0 Å². The quantitative estimate of drug-likeness (QED) is 0.740. The monoisotopic (exact) mass is 407 g/mol. The molecule has 1 unspecified atom stereocenters. The Bertz CT molecular complexity index is 909. The zero-order valence-corrected chi connectivity index (χ0v) is 18.6. The molecule has 2 atom stereocenters. The fourth-order valence-electron chi connectivity index (χ4n) is 5.12. The maximum absolute atomic E-state index is 13.0. The molecule has 30 heavy (non-hydrogen) atoms. The third kappa shape index (κ3) is 3.83. The molecule has 0 bridgehead atoms. The molecule has 1 aromatic carbocycles. The van der Waals surface area contributed by atoms with Crippen molar-refractivity contribution in [3.63, 3.8) is 0 Å². The number of ether oxygens (including phenoxy) is 1. The molecule has 2 aliphatic rings. The van der Waals surface area contributed by atoms with Crippen molar-refractivity contribution >= 4 is 5.91 Å². The number of carbonyl (C=O) groups is 1. The lowest BCUT2D eigenvalue weighted by Gasteiger charge is -2.40. The van der Waals surface area contributed by atoms with Gasteiger partial charge in [0, 0.05) is 37.9 Å². The van der Waals surface area contributed by atoms with E-state index in [0.29, 0.717) is 17.8 Å². The van der Waals surface area contributed by atoms with Crippen LogP contribution in [0.3, 0.4) is 0 Å². The average Bonchev–Trinajstić information content (AvgIpc) is 3.19. The first-order valence-corrected chi connectivity index (χ1v) is 11.2. The molecule has 0 spiro atoms. The molecule has 0 radical (unpaired) electrons. The molecule has 5 heteroatoms. The fourth-order valence-corrected chi connectivity index (χ4v) is 5.12. The van der Waals surface area contributed by atoms with E-state index in [-0.39, 0.29) is 5.91 Å². The smallest absolute Gasteiger partial charge is 0.272 e. The highest BCUT2D eigenvalue weighted by Crippen LogP contribution is 2.41. The van der Waals surface area contributed by atoms with Crippen molar-refractivity contribution < 1.29 is 9.53 Å². The summed E-state index contributed by atoms with van der Waals surface area (Å²) < 4.78 is 5.49. The molecule has 4 rings (SSSR count). The second kappa shape index (κ2) is 8.76. The van der Waals surface area contributed by atoms with E-state index in [9.17, 15) is 4.79 Å². The number of aryl methyl sites for hydroxylation is 1. The van der Waals surface area contributed by atoms with Crippen LogP contribution >= 0.6 is 0 Å². The maximum atomic E-state index is 13.0. The van der Waals surface area contributed by atoms with Gasteiger partial charge in [-0.2, -0.15) is 0 Å². The largest absolute Gasteiger partial charge is 0.496 e. The van der Waals surface area contributed by atoms with Gasteiger partial charge in [-0.15, -0.1) is 0 Å². The summed E-state index contributed by atoms with van der Waals surface area (Å²) in [6.07, 6.45) is 6.22. The molecular weight excluding hydrogens is 374 g/mol. The highest BCUT2D eigenvalue weighted by Gasteiger charge is 2.40. The Labute approximate surface area is 180 Å². The van der Waals surface area contributed by atoms with Gasteiger partial charge in [-0.05, 0) is 67.5 Å². The third-order valence-corrected chi connectivity index (χ3v) is 6.93. The minimum absolute atomic E-state index is 0.0672. The minimum atomic E-state index is 0.0672. The number of carbonyl (C=O) groups excluding carboxylic acids is 1. The molecule has 1 aromatic heterocycles. The van der Waals surface area contributed by atoms with Crippen LogP contribution < -0.4 is 4.74 Å². The number of piperazine rings is 1. The number of nitrogens with zero attached hydrogens (tertiary/aromatic N) is 3. The van der Waals surface area contributed by atoms with Crippen LogP contribution in [0.2, 0.25) is 0 Å². The van der Waals surface area contributed by atoms with Crippen LogP contribution in [0, 0.1) is 13.8 Å². The van der Waals surface area contributed by atoms with Crippen LogP contribution in [0.25, 0.3) is 0 Å². The molecule has 1 amide bonds. The zero-order valence-electron chi connectivity index (χ0n) is 18.6. The predicted octanol–water partition coefficient (Wildman–Crippen LogP) is 4.32. The Morgan fingerprint density at radius 2 is 1.97 bits per heavy atom. The van der Waals surface area contributed by atoms with Crippen molar-refractivity contribution in [3.8, 4) is 5.75 Å². The molecule has 0 N–H and O–H groups in total. The van der Waals surface area contributed by atoms with Crippen LogP contribution in [0.5, 0.6) is 5.75 Å². The van der Waals surface area contributed by atoms with E-state index in [1.54, 1.807) is 7.11 Å². The van der Waals surface area contributed by atoms with E-state index >= 15 is 0 Å². The van der Waals surface area contributed by atoms with Gasteiger partial charge in [-0.25, -0.2) is 0 Å². The van der Waals surface area contributed by atoms with Crippen LogP contribution in [0.1, 0.15) is 65.0 Å². The van der Waals surface area contributed by atoms with Crippen molar-refractivity contribution in [2.45, 2.75) is 58.5 Å². The summed E-state index contributed by atoms with van der Waals surface area (Å²) >= 11 is 0. The standard InChI is InChI=1S/C25H33N3O2/c1-5-6-19-7-10-22(26-15-19)25(29)27-13-14-28-20(16-27)8-11-23(28)21-9-12-24(30-4)18(3)17(21)2/h7,9-10,12,15,20,23H,5-6,8,11,13-14,16H2,1-4H3/t20?,23-/m1/s1. The number of pyridine rings is 1.